The van der Waals surface area contributed by atoms with Crippen molar-refractivity contribution < 1.29 is 19.4 Å². The number of hydrogen-bond donors (Lipinski definition) is 1. The van der Waals surface area contributed by atoms with E-state index in [0.717, 1.165) is 12.8 Å². The van der Waals surface area contributed by atoms with Crippen LogP contribution in [-0.2, 0) is 14.3 Å². The van der Waals surface area contributed by atoms with Gasteiger partial charge in [-0.15, -0.1) is 0 Å². The van der Waals surface area contributed by atoms with E-state index in [9.17, 15) is 14.7 Å². The standard InChI is InChI=1S/C14H22O4/c1-10(11(15)18-13(2,3)4)9-14(12(16)17)7-5-6-8-14/h1,5-9H2,2-4H3,(H,16,17). The van der Waals surface area contributed by atoms with Crippen LogP contribution < -0.4 is 0 Å². The van der Waals surface area contributed by atoms with Gasteiger partial charge in [0.2, 0.25) is 0 Å². The fraction of sp³-hybridized carbons (Fsp3) is 0.714. The third-order valence-corrected chi connectivity index (χ3v) is 3.25. The van der Waals surface area contributed by atoms with E-state index < -0.39 is 23.0 Å². The lowest BCUT2D eigenvalue weighted by molar-refractivity contribution is -0.151. The lowest BCUT2D eigenvalue weighted by atomic mass is 9.80. The third kappa shape index (κ3) is 3.59. The Kier molecular flexibility index (Phi) is 4.20. The summed E-state index contributed by atoms with van der Waals surface area (Å²) >= 11 is 0. The first-order chi connectivity index (χ1) is 8.16. The van der Waals surface area contributed by atoms with Crippen molar-refractivity contribution in [1.29, 1.82) is 0 Å². The average Bonchev–Trinajstić information content (AvgIpc) is 2.64. The van der Waals surface area contributed by atoms with E-state index in [-0.39, 0.29) is 12.0 Å². The molecule has 0 saturated heterocycles. The Hall–Kier alpha value is -1.32. The van der Waals surface area contributed by atoms with Gasteiger partial charge in [0.1, 0.15) is 5.60 Å². The van der Waals surface area contributed by atoms with Crippen LogP contribution in [0, 0.1) is 5.41 Å². The van der Waals surface area contributed by atoms with Crippen LogP contribution >= 0.6 is 0 Å². The van der Waals surface area contributed by atoms with Crippen molar-refractivity contribution in [1.82, 2.24) is 0 Å². The highest BCUT2D eigenvalue weighted by Crippen LogP contribution is 2.43. The molecule has 1 fully saturated rings. The monoisotopic (exact) mass is 254 g/mol. The first-order valence-electron chi connectivity index (χ1n) is 6.31. The highest BCUT2D eigenvalue weighted by Gasteiger charge is 2.42. The maximum Gasteiger partial charge on any atom is 0.333 e. The number of aliphatic carboxylic acids is 1. The number of carboxylic acid groups (broad SMARTS) is 1. The van der Waals surface area contributed by atoms with Gasteiger partial charge in [0.25, 0.3) is 0 Å². The van der Waals surface area contributed by atoms with E-state index in [1.165, 1.54) is 0 Å². The Bertz CT molecular complexity index is 356. The van der Waals surface area contributed by atoms with Crippen LogP contribution in [-0.4, -0.2) is 22.6 Å². The van der Waals surface area contributed by atoms with E-state index in [1.807, 2.05) is 0 Å². The first-order valence-corrected chi connectivity index (χ1v) is 6.31. The van der Waals surface area contributed by atoms with Crippen LogP contribution in [0.4, 0.5) is 0 Å². The number of carboxylic acids is 1. The van der Waals surface area contributed by atoms with Gasteiger partial charge in [0.05, 0.1) is 5.41 Å². The van der Waals surface area contributed by atoms with Crippen molar-refractivity contribution in [3.8, 4) is 0 Å². The highest BCUT2D eigenvalue weighted by molar-refractivity contribution is 5.89. The van der Waals surface area contributed by atoms with Gasteiger partial charge in [-0.25, -0.2) is 4.79 Å². The predicted molar refractivity (Wildman–Crippen MR) is 68.1 cm³/mol. The molecule has 4 heteroatoms. The molecule has 0 spiro atoms. The van der Waals surface area contributed by atoms with E-state index in [0.29, 0.717) is 12.8 Å². The second-order valence-corrected chi connectivity index (χ2v) is 6.07. The molecule has 4 nitrogen and oxygen atoms in total. The maximum absolute atomic E-state index is 11.8. The van der Waals surface area contributed by atoms with Gasteiger partial charge < -0.3 is 9.84 Å². The molecule has 0 heterocycles. The van der Waals surface area contributed by atoms with Crippen LogP contribution in [0.3, 0.4) is 0 Å². The fourth-order valence-electron chi connectivity index (χ4n) is 2.35. The lowest BCUT2D eigenvalue weighted by Crippen LogP contribution is -2.31. The van der Waals surface area contributed by atoms with Crippen LogP contribution in [0.25, 0.3) is 0 Å². The molecule has 0 aromatic heterocycles. The highest BCUT2D eigenvalue weighted by atomic mass is 16.6. The summed E-state index contributed by atoms with van der Waals surface area (Å²) < 4.78 is 5.20. The number of carbonyl (C=O) groups is 2. The summed E-state index contributed by atoms with van der Waals surface area (Å²) in [6.45, 7) is 9.03. The molecular formula is C14H22O4. The maximum atomic E-state index is 11.8. The molecule has 0 aromatic rings. The molecule has 1 saturated carbocycles. The zero-order valence-corrected chi connectivity index (χ0v) is 11.4. The van der Waals surface area contributed by atoms with Crippen molar-refractivity contribution >= 4 is 11.9 Å². The summed E-state index contributed by atoms with van der Waals surface area (Å²) in [5.41, 5.74) is -1.13. The van der Waals surface area contributed by atoms with Crippen molar-refractivity contribution in [2.45, 2.75) is 58.5 Å². The molecule has 0 aliphatic heterocycles. The molecule has 1 rings (SSSR count). The van der Waals surface area contributed by atoms with Gasteiger partial charge in [-0.3, -0.25) is 4.79 Å². The molecule has 1 N–H and O–H groups in total. The van der Waals surface area contributed by atoms with Crippen LogP contribution in [0.1, 0.15) is 52.9 Å². The molecule has 1 aliphatic rings. The summed E-state index contributed by atoms with van der Waals surface area (Å²) in [6, 6.07) is 0. The largest absolute Gasteiger partial charge is 0.481 e. The molecule has 0 amide bonds. The molecule has 102 valence electrons. The third-order valence-electron chi connectivity index (χ3n) is 3.25. The van der Waals surface area contributed by atoms with Gasteiger partial charge >= 0.3 is 11.9 Å². The summed E-state index contributed by atoms with van der Waals surface area (Å²) in [4.78, 5) is 23.2. The normalized spacial score (nSPS) is 18.4. The van der Waals surface area contributed by atoms with Crippen LogP contribution in [0.15, 0.2) is 12.2 Å². The lowest BCUT2D eigenvalue weighted by Gasteiger charge is -2.26. The van der Waals surface area contributed by atoms with Crippen LogP contribution in [0.2, 0.25) is 0 Å². The molecule has 0 radical (unpaired) electrons. The Labute approximate surface area is 108 Å². The topological polar surface area (TPSA) is 63.6 Å². The Morgan fingerprint density at radius 1 is 1.28 bits per heavy atom. The smallest absolute Gasteiger partial charge is 0.333 e. The Balaban J connectivity index is 2.68. The fourth-order valence-corrected chi connectivity index (χ4v) is 2.35. The predicted octanol–water partition coefficient (Wildman–Crippen LogP) is 2.92. The van der Waals surface area contributed by atoms with Crippen molar-refractivity contribution in [3.05, 3.63) is 12.2 Å². The van der Waals surface area contributed by atoms with Gasteiger partial charge in [-0.2, -0.15) is 0 Å². The number of hydrogen-bond acceptors (Lipinski definition) is 3. The first kappa shape index (κ1) is 14.7. The van der Waals surface area contributed by atoms with Crippen molar-refractivity contribution in [2.24, 2.45) is 5.41 Å². The second kappa shape index (κ2) is 5.12. The minimum absolute atomic E-state index is 0.192. The molecule has 0 unspecified atom stereocenters. The zero-order chi connectivity index (χ0) is 14.0. The number of rotatable bonds is 4. The van der Waals surface area contributed by atoms with Crippen LogP contribution in [0.5, 0.6) is 0 Å². The molecular weight excluding hydrogens is 232 g/mol. The molecule has 0 bridgehead atoms. The van der Waals surface area contributed by atoms with E-state index in [1.54, 1.807) is 20.8 Å². The molecule has 1 aliphatic carbocycles. The van der Waals surface area contributed by atoms with Gasteiger partial charge in [0, 0.05) is 5.57 Å². The van der Waals surface area contributed by atoms with Crippen molar-refractivity contribution in [3.63, 3.8) is 0 Å². The summed E-state index contributed by atoms with van der Waals surface area (Å²) in [6.07, 6.45) is 3.22. The summed E-state index contributed by atoms with van der Waals surface area (Å²) in [7, 11) is 0. The Morgan fingerprint density at radius 3 is 2.17 bits per heavy atom. The minimum atomic E-state index is -0.829. The van der Waals surface area contributed by atoms with E-state index >= 15 is 0 Å². The minimum Gasteiger partial charge on any atom is -0.481 e. The zero-order valence-electron chi connectivity index (χ0n) is 11.4. The quantitative estimate of drug-likeness (QED) is 0.619. The Morgan fingerprint density at radius 2 is 1.78 bits per heavy atom. The molecule has 0 aromatic carbocycles. The molecule has 0 atom stereocenters. The average molecular weight is 254 g/mol. The van der Waals surface area contributed by atoms with E-state index in [2.05, 4.69) is 6.58 Å². The van der Waals surface area contributed by atoms with E-state index in [4.69, 9.17) is 4.74 Å². The number of ether oxygens (including phenoxy) is 1. The summed E-state index contributed by atoms with van der Waals surface area (Å²) in [5.74, 6) is -1.32. The summed E-state index contributed by atoms with van der Waals surface area (Å²) in [5, 5.41) is 9.33. The molecule has 18 heavy (non-hydrogen) atoms. The van der Waals surface area contributed by atoms with Gasteiger partial charge in [0.15, 0.2) is 0 Å². The van der Waals surface area contributed by atoms with Gasteiger partial charge in [-0.05, 0) is 40.0 Å². The van der Waals surface area contributed by atoms with Crippen molar-refractivity contribution in [2.75, 3.05) is 0 Å². The number of esters is 1. The number of carbonyl (C=O) groups excluding carboxylic acids is 1. The second-order valence-electron chi connectivity index (χ2n) is 6.07. The SMILES string of the molecule is C=C(CC1(C(=O)O)CCCC1)C(=O)OC(C)(C)C. The van der Waals surface area contributed by atoms with Gasteiger partial charge in [-0.1, -0.05) is 19.4 Å².